The van der Waals surface area contributed by atoms with Crippen molar-refractivity contribution >= 4 is 32.9 Å². The Balaban J connectivity index is 1.87. The van der Waals surface area contributed by atoms with Gasteiger partial charge in [-0.2, -0.15) is 0 Å². The molecule has 0 aliphatic rings. The summed E-state index contributed by atoms with van der Waals surface area (Å²) in [6.45, 7) is 4.37. The van der Waals surface area contributed by atoms with Crippen molar-refractivity contribution < 1.29 is 23.4 Å². The van der Waals surface area contributed by atoms with Gasteiger partial charge in [0, 0.05) is 27.1 Å². The summed E-state index contributed by atoms with van der Waals surface area (Å²) in [5.74, 6) is 1.76. The van der Waals surface area contributed by atoms with E-state index in [-0.39, 0.29) is 12.4 Å². The van der Waals surface area contributed by atoms with E-state index < -0.39 is 0 Å². The van der Waals surface area contributed by atoms with Crippen molar-refractivity contribution in [3.05, 3.63) is 57.8 Å². The summed E-state index contributed by atoms with van der Waals surface area (Å²) in [7, 11) is 1.59. The summed E-state index contributed by atoms with van der Waals surface area (Å²) in [6, 6.07) is 11.3. The standard InChI is InChI=1S/C21H21BrO5/c1-4-25-21(23)9-14-5-7-16(24-3)11-20(14)26-12-18-13(2)27-19-8-6-15(22)10-17(18)19/h5-8,10-11H,4,9,12H2,1-3H3. The number of carbonyl (C=O) groups excluding carboxylic acids is 1. The second-order valence-electron chi connectivity index (χ2n) is 6.02. The molecule has 2 aromatic carbocycles. The molecule has 0 amide bonds. The Morgan fingerprint density at radius 2 is 2.00 bits per heavy atom. The fourth-order valence-corrected chi connectivity index (χ4v) is 3.24. The van der Waals surface area contributed by atoms with Crippen LogP contribution in [0, 0.1) is 6.92 Å². The second kappa shape index (κ2) is 8.48. The Bertz CT molecular complexity index is 961. The lowest BCUT2D eigenvalue weighted by Crippen LogP contribution is -2.09. The van der Waals surface area contributed by atoms with Crippen molar-refractivity contribution in [2.24, 2.45) is 0 Å². The van der Waals surface area contributed by atoms with Crippen LogP contribution in [0.3, 0.4) is 0 Å². The molecule has 0 aliphatic heterocycles. The van der Waals surface area contributed by atoms with Gasteiger partial charge in [0.1, 0.15) is 29.4 Å². The summed E-state index contributed by atoms with van der Waals surface area (Å²) < 4.78 is 23.2. The molecule has 27 heavy (non-hydrogen) atoms. The van der Waals surface area contributed by atoms with Crippen LogP contribution in [0.15, 0.2) is 45.3 Å². The number of ether oxygens (including phenoxy) is 3. The molecular formula is C21H21BrO5. The molecule has 3 aromatic rings. The minimum absolute atomic E-state index is 0.143. The summed E-state index contributed by atoms with van der Waals surface area (Å²) in [4.78, 5) is 11.9. The lowest BCUT2D eigenvalue weighted by atomic mass is 10.1. The molecule has 5 nitrogen and oxygen atoms in total. The Morgan fingerprint density at radius 1 is 1.19 bits per heavy atom. The number of methoxy groups -OCH3 is 1. The Hall–Kier alpha value is -2.47. The van der Waals surface area contributed by atoms with Gasteiger partial charge < -0.3 is 18.6 Å². The third kappa shape index (κ3) is 4.45. The zero-order valence-electron chi connectivity index (χ0n) is 15.5. The van der Waals surface area contributed by atoms with E-state index >= 15 is 0 Å². The van der Waals surface area contributed by atoms with E-state index in [0.717, 1.165) is 32.3 Å². The van der Waals surface area contributed by atoms with Gasteiger partial charge in [-0.3, -0.25) is 4.79 Å². The Labute approximate surface area is 166 Å². The van der Waals surface area contributed by atoms with Crippen molar-refractivity contribution in [2.75, 3.05) is 13.7 Å². The van der Waals surface area contributed by atoms with Gasteiger partial charge in [-0.25, -0.2) is 0 Å². The first-order valence-corrected chi connectivity index (χ1v) is 9.44. The van der Waals surface area contributed by atoms with Crippen LogP contribution in [0.1, 0.15) is 23.8 Å². The molecule has 0 N–H and O–H groups in total. The van der Waals surface area contributed by atoms with E-state index in [2.05, 4.69) is 15.9 Å². The predicted molar refractivity (Wildman–Crippen MR) is 106 cm³/mol. The van der Waals surface area contributed by atoms with Crippen molar-refractivity contribution in [1.82, 2.24) is 0 Å². The maximum absolute atomic E-state index is 11.9. The van der Waals surface area contributed by atoms with Crippen molar-refractivity contribution in [3.8, 4) is 11.5 Å². The fourth-order valence-electron chi connectivity index (χ4n) is 2.88. The molecule has 0 aliphatic carbocycles. The van der Waals surface area contributed by atoms with Crippen LogP contribution in [-0.4, -0.2) is 19.7 Å². The van der Waals surface area contributed by atoms with Crippen LogP contribution >= 0.6 is 15.9 Å². The smallest absolute Gasteiger partial charge is 0.310 e. The van der Waals surface area contributed by atoms with E-state index in [4.69, 9.17) is 18.6 Å². The van der Waals surface area contributed by atoms with Gasteiger partial charge >= 0.3 is 5.97 Å². The van der Waals surface area contributed by atoms with E-state index in [1.54, 1.807) is 26.2 Å². The van der Waals surface area contributed by atoms with Crippen LogP contribution < -0.4 is 9.47 Å². The minimum Gasteiger partial charge on any atom is -0.497 e. The van der Waals surface area contributed by atoms with Gasteiger partial charge in [-0.1, -0.05) is 22.0 Å². The van der Waals surface area contributed by atoms with Crippen LogP contribution in [-0.2, 0) is 22.6 Å². The number of furan rings is 1. The molecule has 0 radical (unpaired) electrons. The summed E-state index contributed by atoms with van der Waals surface area (Å²) in [5.41, 5.74) is 2.53. The largest absolute Gasteiger partial charge is 0.497 e. The van der Waals surface area contributed by atoms with Crippen LogP contribution in [0.2, 0.25) is 0 Å². The SMILES string of the molecule is CCOC(=O)Cc1ccc(OC)cc1OCc1c(C)oc2ccc(Br)cc12. The molecule has 0 saturated carbocycles. The number of hydrogen-bond donors (Lipinski definition) is 0. The third-order valence-corrected chi connectivity index (χ3v) is 4.73. The molecule has 1 heterocycles. The highest BCUT2D eigenvalue weighted by atomic mass is 79.9. The monoisotopic (exact) mass is 432 g/mol. The van der Waals surface area contributed by atoms with Gasteiger partial charge in [0.05, 0.1) is 20.1 Å². The molecule has 0 atom stereocenters. The molecule has 142 valence electrons. The highest BCUT2D eigenvalue weighted by molar-refractivity contribution is 9.10. The van der Waals surface area contributed by atoms with Gasteiger partial charge in [-0.15, -0.1) is 0 Å². The fraction of sp³-hybridized carbons (Fsp3) is 0.286. The first-order chi connectivity index (χ1) is 13.0. The zero-order valence-corrected chi connectivity index (χ0v) is 17.1. The number of halogens is 1. The normalized spacial score (nSPS) is 10.8. The third-order valence-electron chi connectivity index (χ3n) is 4.24. The lowest BCUT2D eigenvalue weighted by Gasteiger charge is -2.13. The van der Waals surface area contributed by atoms with Gasteiger partial charge in [0.15, 0.2) is 0 Å². The van der Waals surface area contributed by atoms with Crippen molar-refractivity contribution in [3.63, 3.8) is 0 Å². The number of hydrogen-bond acceptors (Lipinski definition) is 5. The molecule has 0 bridgehead atoms. The summed E-state index contributed by atoms with van der Waals surface area (Å²) in [5, 5.41) is 0.997. The van der Waals surface area contributed by atoms with Gasteiger partial charge in [-0.05, 0) is 38.1 Å². The number of benzene rings is 2. The molecule has 0 spiro atoms. The van der Waals surface area contributed by atoms with Crippen LogP contribution in [0.4, 0.5) is 0 Å². The van der Waals surface area contributed by atoms with E-state index in [9.17, 15) is 4.79 Å². The number of carbonyl (C=O) groups is 1. The van der Waals surface area contributed by atoms with Crippen LogP contribution in [0.25, 0.3) is 11.0 Å². The molecule has 0 fully saturated rings. The van der Waals surface area contributed by atoms with E-state index in [0.29, 0.717) is 24.7 Å². The number of rotatable bonds is 7. The van der Waals surface area contributed by atoms with E-state index in [1.165, 1.54) is 0 Å². The average Bonchev–Trinajstić information content (AvgIpc) is 2.95. The Morgan fingerprint density at radius 3 is 2.74 bits per heavy atom. The first kappa shape index (κ1) is 19.3. The molecule has 0 saturated heterocycles. The lowest BCUT2D eigenvalue weighted by molar-refractivity contribution is -0.142. The van der Waals surface area contributed by atoms with Crippen molar-refractivity contribution in [2.45, 2.75) is 26.9 Å². The number of aryl methyl sites for hydroxylation is 1. The molecule has 6 heteroatoms. The number of fused-ring (bicyclic) bond motifs is 1. The average molecular weight is 433 g/mol. The second-order valence-corrected chi connectivity index (χ2v) is 6.94. The van der Waals surface area contributed by atoms with Crippen LogP contribution in [0.5, 0.6) is 11.5 Å². The Kier molecular flexibility index (Phi) is 6.06. The molecular weight excluding hydrogens is 412 g/mol. The zero-order chi connectivity index (χ0) is 19.4. The maximum Gasteiger partial charge on any atom is 0.310 e. The highest BCUT2D eigenvalue weighted by Crippen LogP contribution is 2.31. The molecule has 0 unspecified atom stereocenters. The summed E-state index contributed by atoms with van der Waals surface area (Å²) in [6.07, 6.45) is 0.143. The molecule has 3 rings (SSSR count). The molecule has 1 aromatic heterocycles. The highest BCUT2D eigenvalue weighted by Gasteiger charge is 2.15. The minimum atomic E-state index is -0.290. The summed E-state index contributed by atoms with van der Waals surface area (Å²) >= 11 is 3.49. The maximum atomic E-state index is 11.9. The van der Waals surface area contributed by atoms with E-state index in [1.807, 2.05) is 31.2 Å². The first-order valence-electron chi connectivity index (χ1n) is 8.64. The quantitative estimate of drug-likeness (QED) is 0.480. The van der Waals surface area contributed by atoms with Gasteiger partial charge in [0.25, 0.3) is 0 Å². The topological polar surface area (TPSA) is 57.9 Å². The number of esters is 1. The van der Waals surface area contributed by atoms with Crippen molar-refractivity contribution in [1.29, 1.82) is 0 Å². The predicted octanol–water partition coefficient (Wildman–Crippen LogP) is 5.20. The van der Waals surface area contributed by atoms with Gasteiger partial charge in [0.2, 0.25) is 0 Å².